The molecule has 0 aromatic rings. The van der Waals surface area contributed by atoms with Crippen LogP contribution >= 0.6 is 0 Å². The molecule has 0 unspecified atom stereocenters. The molecule has 0 amide bonds. The Morgan fingerprint density at radius 1 is 0.900 bits per heavy atom. The van der Waals surface area contributed by atoms with Crippen LogP contribution in [0.2, 0.25) is 0 Å². The third kappa shape index (κ3) is 15.7. The second-order valence-corrected chi connectivity index (χ2v) is 1.09. The molecule has 0 spiro atoms. The minimum absolute atomic E-state index is 0. The van der Waals surface area contributed by atoms with Gasteiger partial charge in [0.05, 0.1) is 0 Å². The fraction of sp³-hybridized carbons (Fsp3) is 0.143. The average molecular weight is 182 g/mol. The third-order valence-electron chi connectivity index (χ3n) is 0.655. The van der Waals surface area contributed by atoms with Crippen molar-refractivity contribution in [3.05, 3.63) is 24.3 Å². The van der Waals surface area contributed by atoms with Crippen molar-refractivity contribution in [1.29, 1.82) is 0 Å². The summed E-state index contributed by atoms with van der Waals surface area (Å²) < 4.78 is 0. The van der Waals surface area contributed by atoms with E-state index in [9.17, 15) is 0 Å². The number of hydrogen-bond acceptors (Lipinski definition) is 2. The molecule has 3 heteroatoms. The fourth-order valence-corrected chi connectivity index (χ4v) is 0.393. The van der Waals surface area contributed by atoms with E-state index in [4.69, 9.17) is 9.59 Å². The molecule has 1 rings (SSSR count). The summed E-state index contributed by atoms with van der Waals surface area (Å²) in [7, 11) is 0. The summed E-state index contributed by atoms with van der Waals surface area (Å²) in [5.41, 5.74) is 0. The Labute approximate surface area is 71.5 Å². The van der Waals surface area contributed by atoms with Gasteiger partial charge in [-0.25, -0.2) is 0 Å². The quantitative estimate of drug-likeness (QED) is 0.526. The summed E-state index contributed by atoms with van der Waals surface area (Å²) in [5.74, 6) is 0. The maximum atomic E-state index is 8.00. The van der Waals surface area contributed by atoms with E-state index >= 15 is 0 Å². The van der Waals surface area contributed by atoms with Gasteiger partial charge in [-0.1, -0.05) is 24.3 Å². The number of allylic oxidation sites excluding steroid dienone is 4. The largest absolute Gasteiger partial charge is 0.307 e. The Bertz CT molecular complexity index is 87.8. The van der Waals surface area contributed by atoms with Gasteiger partial charge < -0.3 is 9.59 Å². The first-order valence-electron chi connectivity index (χ1n) is 2.39. The molecule has 0 radical (unpaired) electrons. The molecule has 0 aromatic carbocycles. The summed E-state index contributed by atoms with van der Waals surface area (Å²) >= 11 is 0. The molecule has 2 nitrogen and oxygen atoms in total. The summed E-state index contributed by atoms with van der Waals surface area (Å²) in [6, 6.07) is 0. The van der Waals surface area contributed by atoms with Crippen molar-refractivity contribution in [2.24, 2.45) is 0 Å². The van der Waals surface area contributed by atoms with Crippen LogP contribution in [-0.2, 0) is 26.7 Å². The molecule has 1 aliphatic rings. The Balaban J connectivity index is -0.0000000875. The van der Waals surface area contributed by atoms with Crippen molar-refractivity contribution < 1.29 is 26.7 Å². The van der Waals surface area contributed by atoms with E-state index in [2.05, 4.69) is 24.3 Å². The molecule has 0 aliphatic heterocycles. The summed E-state index contributed by atoms with van der Waals surface area (Å²) in [6.45, 7) is 4.00. The van der Waals surface area contributed by atoms with Gasteiger partial charge in [-0.3, -0.25) is 0 Å². The van der Waals surface area contributed by atoms with Crippen molar-refractivity contribution in [3.63, 3.8) is 0 Å². The van der Waals surface area contributed by atoms with Gasteiger partial charge in [0.25, 0.3) is 0 Å². The molecule has 0 fully saturated rings. The Hall–Kier alpha value is -0.661. The predicted molar refractivity (Wildman–Crippen MR) is 37.1 cm³/mol. The average Bonchev–Trinajstić information content (AvgIpc) is 2.51. The first-order chi connectivity index (χ1) is 4.50. The van der Waals surface area contributed by atoms with Crippen LogP contribution in [0.5, 0.6) is 0 Å². The predicted octanol–water partition coefficient (Wildman–Crippen LogP) is 1.13. The van der Waals surface area contributed by atoms with Crippen LogP contribution in [-0.4, -0.2) is 13.6 Å². The monoisotopic (exact) mass is 182 g/mol. The Kier molecular flexibility index (Phi) is 38.6. The second-order valence-electron chi connectivity index (χ2n) is 1.09. The molecular formula is C7H10FeO2. The van der Waals surface area contributed by atoms with E-state index in [1.54, 1.807) is 0 Å². The van der Waals surface area contributed by atoms with Crippen molar-refractivity contribution in [1.82, 2.24) is 0 Å². The third-order valence-corrected chi connectivity index (χ3v) is 0.655. The van der Waals surface area contributed by atoms with E-state index in [1.807, 2.05) is 13.6 Å². The Morgan fingerprint density at radius 2 is 1.20 bits per heavy atom. The van der Waals surface area contributed by atoms with Gasteiger partial charge in [-0.15, -0.1) is 0 Å². The number of carbonyl (C=O) groups excluding carboxylic acids is 2. The van der Waals surface area contributed by atoms with Gasteiger partial charge >= 0.3 is 0 Å². The van der Waals surface area contributed by atoms with E-state index in [-0.39, 0.29) is 17.1 Å². The van der Waals surface area contributed by atoms with Crippen LogP contribution in [0.4, 0.5) is 0 Å². The molecule has 10 heavy (non-hydrogen) atoms. The maximum absolute atomic E-state index is 8.00. The van der Waals surface area contributed by atoms with Crippen LogP contribution in [0.25, 0.3) is 0 Å². The molecule has 58 valence electrons. The zero-order chi connectivity index (χ0) is 7.54. The zero-order valence-electron chi connectivity index (χ0n) is 5.60. The normalized spacial score (nSPS) is 9.60. The van der Waals surface area contributed by atoms with Gasteiger partial charge in [-0.2, -0.15) is 0 Å². The minimum atomic E-state index is 0. The van der Waals surface area contributed by atoms with Crippen molar-refractivity contribution >= 4 is 13.6 Å². The molecule has 1 aliphatic carbocycles. The number of hydrogen-bond donors (Lipinski definition) is 0. The van der Waals surface area contributed by atoms with Crippen molar-refractivity contribution in [2.75, 3.05) is 0 Å². The summed E-state index contributed by atoms with van der Waals surface area (Å²) in [6.07, 6.45) is 9.50. The van der Waals surface area contributed by atoms with Crippen LogP contribution in [0.3, 0.4) is 0 Å². The van der Waals surface area contributed by atoms with Crippen molar-refractivity contribution in [3.8, 4) is 0 Å². The molecule has 0 N–H and O–H groups in total. The van der Waals surface area contributed by atoms with Gasteiger partial charge in [0, 0.05) is 17.1 Å². The van der Waals surface area contributed by atoms with E-state index in [0.29, 0.717) is 0 Å². The minimum Gasteiger partial charge on any atom is -0.307 e. The first kappa shape index (κ1) is 16.2. The van der Waals surface area contributed by atoms with Gasteiger partial charge in [0.1, 0.15) is 13.6 Å². The first-order valence-corrected chi connectivity index (χ1v) is 2.39. The molecular weight excluding hydrogens is 172 g/mol. The van der Waals surface area contributed by atoms with Gasteiger partial charge in [0.15, 0.2) is 0 Å². The van der Waals surface area contributed by atoms with Crippen LogP contribution in [0, 0.1) is 0 Å². The van der Waals surface area contributed by atoms with Gasteiger partial charge in [0.2, 0.25) is 0 Å². The standard InChI is InChI=1S/C5H6.2CH2O.Fe/c1-2-4-5-3-1;2*1-2;/h1-4H,5H2;2*1H2;. The molecule has 0 saturated carbocycles. The van der Waals surface area contributed by atoms with E-state index in [0.717, 1.165) is 6.42 Å². The van der Waals surface area contributed by atoms with Crippen LogP contribution in [0.15, 0.2) is 24.3 Å². The van der Waals surface area contributed by atoms with Crippen molar-refractivity contribution in [2.45, 2.75) is 6.42 Å². The topological polar surface area (TPSA) is 34.1 Å². The fourth-order valence-electron chi connectivity index (χ4n) is 0.393. The summed E-state index contributed by atoms with van der Waals surface area (Å²) in [5, 5.41) is 0. The zero-order valence-corrected chi connectivity index (χ0v) is 6.70. The number of carbonyl (C=O) groups is 2. The van der Waals surface area contributed by atoms with Crippen LogP contribution in [0.1, 0.15) is 6.42 Å². The van der Waals surface area contributed by atoms with E-state index < -0.39 is 0 Å². The Morgan fingerprint density at radius 3 is 1.30 bits per heavy atom. The number of rotatable bonds is 0. The maximum Gasteiger partial charge on any atom is 0.106 e. The smallest absolute Gasteiger partial charge is 0.106 e. The van der Waals surface area contributed by atoms with Gasteiger partial charge in [-0.05, 0) is 6.42 Å². The SMILES string of the molecule is C1=CCC=C1.C=O.C=O.[Fe]. The molecule has 0 bridgehead atoms. The van der Waals surface area contributed by atoms with Crippen LogP contribution < -0.4 is 0 Å². The molecule has 0 atom stereocenters. The molecule has 0 heterocycles. The van der Waals surface area contributed by atoms with E-state index in [1.165, 1.54) is 0 Å². The second kappa shape index (κ2) is 23.9. The molecule has 0 saturated heterocycles. The molecule has 0 aromatic heterocycles. The summed E-state index contributed by atoms with van der Waals surface area (Å²) in [4.78, 5) is 16.0.